The first-order valence-corrected chi connectivity index (χ1v) is 5.28. The Morgan fingerprint density at radius 3 is 2.50 bits per heavy atom. The third-order valence-electron chi connectivity index (χ3n) is 2.32. The van der Waals surface area contributed by atoms with Crippen LogP contribution in [0.25, 0.3) is 0 Å². The molecule has 16 heavy (non-hydrogen) atoms. The highest BCUT2D eigenvalue weighted by Gasteiger charge is 2.11. The summed E-state index contributed by atoms with van der Waals surface area (Å²) in [7, 11) is 0. The third kappa shape index (κ3) is 3.39. The van der Waals surface area contributed by atoms with Gasteiger partial charge in [0.25, 0.3) is 0 Å². The van der Waals surface area contributed by atoms with Crippen molar-refractivity contribution in [2.45, 2.75) is 13.8 Å². The summed E-state index contributed by atoms with van der Waals surface area (Å²) in [6.45, 7) is 3.55. The van der Waals surface area contributed by atoms with Gasteiger partial charge in [0, 0.05) is 11.5 Å². The molecule has 0 fully saturated rings. The summed E-state index contributed by atoms with van der Waals surface area (Å²) in [5.41, 5.74) is 0.694. The molecule has 0 amide bonds. The van der Waals surface area contributed by atoms with E-state index in [0.717, 1.165) is 0 Å². The minimum Gasteiger partial charge on any atom is -0.508 e. The predicted molar refractivity (Wildman–Crippen MR) is 65.5 cm³/mol. The Balaban J connectivity index is 2.73. The molecule has 2 heteroatoms. The van der Waals surface area contributed by atoms with Gasteiger partial charge in [-0.05, 0) is 19.1 Å². The highest BCUT2D eigenvalue weighted by atomic mass is 16.3. The molecule has 0 aliphatic carbocycles. The van der Waals surface area contributed by atoms with Gasteiger partial charge >= 0.3 is 0 Å². The summed E-state index contributed by atoms with van der Waals surface area (Å²) in [5.74, 6) is -0.00188. The van der Waals surface area contributed by atoms with Crippen molar-refractivity contribution in [2.24, 2.45) is 5.92 Å². The zero-order valence-electron chi connectivity index (χ0n) is 9.55. The van der Waals surface area contributed by atoms with Crippen molar-refractivity contribution in [1.82, 2.24) is 0 Å². The van der Waals surface area contributed by atoms with Crippen molar-refractivity contribution in [2.75, 3.05) is 0 Å². The molecule has 1 atom stereocenters. The zero-order chi connectivity index (χ0) is 12.0. The van der Waals surface area contributed by atoms with Crippen LogP contribution in [0.3, 0.4) is 0 Å². The molecule has 2 nitrogen and oxygen atoms in total. The highest BCUT2D eigenvalue weighted by molar-refractivity contribution is 5.98. The largest absolute Gasteiger partial charge is 0.508 e. The Labute approximate surface area is 95.9 Å². The molecule has 0 spiro atoms. The number of rotatable bonds is 4. The second-order valence-electron chi connectivity index (χ2n) is 3.59. The number of aliphatic hydroxyl groups is 1. The van der Waals surface area contributed by atoms with E-state index >= 15 is 0 Å². The zero-order valence-corrected chi connectivity index (χ0v) is 9.55. The Kier molecular flexibility index (Phi) is 4.52. The molecule has 1 rings (SSSR count). The van der Waals surface area contributed by atoms with Gasteiger partial charge < -0.3 is 5.11 Å². The molecule has 1 aromatic rings. The first-order valence-electron chi connectivity index (χ1n) is 5.28. The van der Waals surface area contributed by atoms with Crippen LogP contribution in [0.1, 0.15) is 24.2 Å². The van der Waals surface area contributed by atoms with Gasteiger partial charge in [-0.3, -0.25) is 4.79 Å². The van der Waals surface area contributed by atoms with E-state index in [1.54, 1.807) is 37.3 Å². The Bertz CT molecular complexity index is 402. The maximum atomic E-state index is 11.9. The molecule has 84 valence electrons. The van der Waals surface area contributed by atoms with Crippen molar-refractivity contribution < 1.29 is 9.90 Å². The number of allylic oxidation sites excluding steroid dienone is 3. The maximum absolute atomic E-state index is 11.9. The molecule has 0 aromatic heterocycles. The lowest BCUT2D eigenvalue weighted by molar-refractivity contribution is 0.0953. The lowest BCUT2D eigenvalue weighted by Crippen LogP contribution is -2.08. The third-order valence-corrected chi connectivity index (χ3v) is 2.32. The number of aliphatic hydroxyl groups excluding tert-OH is 1. The molecule has 0 bridgehead atoms. The lowest BCUT2D eigenvalue weighted by atomic mass is 9.99. The number of carbonyl (C=O) groups excluding carboxylic acids is 1. The SMILES string of the molecule is C/C=C(O)\C=C/C(C)C(=O)c1ccccc1. The van der Waals surface area contributed by atoms with Crippen LogP contribution in [0.4, 0.5) is 0 Å². The Hall–Kier alpha value is -1.83. The number of hydrogen-bond acceptors (Lipinski definition) is 2. The van der Waals surface area contributed by atoms with Gasteiger partial charge in [-0.15, -0.1) is 0 Å². The quantitative estimate of drug-likeness (QED) is 0.475. The van der Waals surface area contributed by atoms with Crippen molar-refractivity contribution >= 4 is 5.78 Å². The first kappa shape index (κ1) is 12.2. The monoisotopic (exact) mass is 216 g/mol. The minimum atomic E-state index is -0.232. The molecule has 0 aliphatic heterocycles. The van der Waals surface area contributed by atoms with Crippen LogP contribution in [-0.2, 0) is 0 Å². The second kappa shape index (κ2) is 5.91. The average molecular weight is 216 g/mol. The van der Waals surface area contributed by atoms with E-state index in [9.17, 15) is 9.90 Å². The fourth-order valence-corrected chi connectivity index (χ4v) is 1.29. The molecule has 1 aromatic carbocycles. The lowest BCUT2D eigenvalue weighted by Gasteiger charge is -2.04. The van der Waals surface area contributed by atoms with Gasteiger partial charge in [-0.1, -0.05) is 43.3 Å². The van der Waals surface area contributed by atoms with E-state index < -0.39 is 0 Å². The standard InChI is InChI=1S/C14H16O2/c1-3-13(15)10-9-11(2)14(16)12-7-5-4-6-8-12/h3-11,15H,1-2H3/b10-9-,13-3+. The summed E-state index contributed by atoms with van der Waals surface area (Å²) >= 11 is 0. The summed E-state index contributed by atoms with van der Waals surface area (Å²) in [5, 5.41) is 9.22. The van der Waals surface area contributed by atoms with Gasteiger partial charge in [0.2, 0.25) is 0 Å². The summed E-state index contributed by atoms with van der Waals surface area (Å²) in [6.07, 6.45) is 4.83. The fraction of sp³-hybridized carbons (Fsp3) is 0.214. The molecule has 0 saturated carbocycles. The highest BCUT2D eigenvalue weighted by Crippen LogP contribution is 2.10. The van der Waals surface area contributed by atoms with E-state index in [2.05, 4.69) is 0 Å². The molecule has 1 unspecified atom stereocenters. The van der Waals surface area contributed by atoms with Gasteiger partial charge in [-0.25, -0.2) is 0 Å². The van der Waals surface area contributed by atoms with Gasteiger partial charge in [0.15, 0.2) is 5.78 Å². The van der Waals surface area contributed by atoms with Crippen molar-refractivity contribution in [3.8, 4) is 0 Å². The van der Waals surface area contributed by atoms with Crippen LogP contribution < -0.4 is 0 Å². The average Bonchev–Trinajstić information content (AvgIpc) is 2.35. The van der Waals surface area contributed by atoms with Crippen LogP contribution in [-0.4, -0.2) is 10.9 Å². The fourth-order valence-electron chi connectivity index (χ4n) is 1.29. The van der Waals surface area contributed by atoms with Gasteiger partial charge in [0.1, 0.15) is 5.76 Å². The first-order chi connectivity index (χ1) is 7.65. The molecular weight excluding hydrogens is 200 g/mol. The van der Waals surface area contributed by atoms with Crippen LogP contribution in [0.2, 0.25) is 0 Å². The molecule has 0 saturated heterocycles. The normalized spacial score (nSPS) is 14.0. The molecular formula is C14H16O2. The van der Waals surface area contributed by atoms with Crippen LogP contribution in [0, 0.1) is 5.92 Å². The van der Waals surface area contributed by atoms with Gasteiger partial charge in [0.05, 0.1) is 0 Å². The summed E-state index contributed by atoms with van der Waals surface area (Å²) < 4.78 is 0. The maximum Gasteiger partial charge on any atom is 0.169 e. The van der Waals surface area contributed by atoms with E-state index in [4.69, 9.17) is 0 Å². The molecule has 1 N–H and O–H groups in total. The van der Waals surface area contributed by atoms with E-state index in [-0.39, 0.29) is 17.5 Å². The smallest absolute Gasteiger partial charge is 0.169 e. The number of benzene rings is 1. The van der Waals surface area contributed by atoms with E-state index in [1.165, 1.54) is 0 Å². The van der Waals surface area contributed by atoms with Gasteiger partial charge in [-0.2, -0.15) is 0 Å². The number of hydrogen-bond donors (Lipinski definition) is 1. The number of Topliss-reactive ketones (excluding diaryl/α,β-unsaturated/α-hetero) is 1. The Morgan fingerprint density at radius 1 is 1.31 bits per heavy atom. The van der Waals surface area contributed by atoms with E-state index in [0.29, 0.717) is 5.56 Å². The van der Waals surface area contributed by atoms with E-state index in [1.807, 2.05) is 25.1 Å². The molecule has 0 aliphatic rings. The van der Waals surface area contributed by atoms with Crippen LogP contribution in [0.15, 0.2) is 54.3 Å². The minimum absolute atomic E-state index is 0.0563. The van der Waals surface area contributed by atoms with Crippen LogP contribution in [0.5, 0.6) is 0 Å². The molecule has 0 heterocycles. The van der Waals surface area contributed by atoms with Crippen molar-refractivity contribution in [1.29, 1.82) is 0 Å². The number of carbonyl (C=O) groups is 1. The summed E-state index contributed by atoms with van der Waals surface area (Å²) in [6, 6.07) is 9.15. The predicted octanol–water partition coefficient (Wildman–Crippen LogP) is 3.52. The van der Waals surface area contributed by atoms with Crippen molar-refractivity contribution in [3.63, 3.8) is 0 Å². The molecule has 0 radical (unpaired) electrons. The van der Waals surface area contributed by atoms with Crippen molar-refractivity contribution in [3.05, 3.63) is 59.9 Å². The van der Waals surface area contributed by atoms with Crippen LogP contribution >= 0.6 is 0 Å². The topological polar surface area (TPSA) is 37.3 Å². The summed E-state index contributed by atoms with van der Waals surface area (Å²) in [4.78, 5) is 11.9. The number of ketones is 1. The second-order valence-corrected chi connectivity index (χ2v) is 3.59. The Morgan fingerprint density at radius 2 is 1.94 bits per heavy atom.